The average Bonchev–Trinajstić information content (AvgIpc) is 3.35. The summed E-state index contributed by atoms with van der Waals surface area (Å²) in [6, 6.07) is 10.5. The van der Waals surface area contributed by atoms with Crippen LogP contribution < -0.4 is 15.6 Å². The van der Waals surface area contributed by atoms with Gasteiger partial charge >= 0.3 is 0 Å². The van der Waals surface area contributed by atoms with Crippen LogP contribution >= 0.6 is 0 Å². The van der Waals surface area contributed by atoms with Crippen molar-refractivity contribution in [2.24, 2.45) is 0 Å². The van der Waals surface area contributed by atoms with E-state index in [0.717, 1.165) is 17.0 Å². The third-order valence-corrected chi connectivity index (χ3v) is 3.95. The fourth-order valence-corrected chi connectivity index (χ4v) is 2.34. The molecule has 0 saturated carbocycles. The van der Waals surface area contributed by atoms with Gasteiger partial charge in [0.2, 0.25) is 0 Å². The number of carbonyl (C=O) groups is 2. The summed E-state index contributed by atoms with van der Waals surface area (Å²) in [6.07, 6.45) is 0. The molecule has 3 rings (SSSR count). The van der Waals surface area contributed by atoms with E-state index < -0.39 is 11.8 Å². The van der Waals surface area contributed by atoms with Crippen LogP contribution in [0.4, 0.5) is 0 Å². The van der Waals surface area contributed by atoms with Gasteiger partial charge in [-0.2, -0.15) is 10.2 Å². The van der Waals surface area contributed by atoms with Crippen LogP contribution in [0.5, 0.6) is 5.75 Å². The molecule has 0 spiro atoms. The number of nitrogens with zero attached hydrogens (tertiary/aromatic N) is 2. The van der Waals surface area contributed by atoms with Crippen molar-refractivity contribution in [2.45, 2.75) is 19.8 Å². The number of carbonyl (C=O) groups excluding carboxylic acids is 2. The van der Waals surface area contributed by atoms with E-state index in [4.69, 9.17) is 4.74 Å². The van der Waals surface area contributed by atoms with Gasteiger partial charge in [-0.25, -0.2) is 0 Å². The first-order valence-electron chi connectivity index (χ1n) is 8.33. The van der Waals surface area contributed by atoms with E-state index in [-0.39, 0.29) is 17.3 Å². The predicted molar refractivity (Wildman–Crippen MR) is 98.2 cm³/mol. The van der Waals surface area contributed by atoms with Crippen LogP contribution in [0.2, 0.25) is 0 Å². The third kappa shape index (κ3) is 4.14. The van der Waals surface area contributed by atoms with E-state index in [1.807, 2.05) is 26.0 Å². The minimum atomic E-state index is -0.518. The molecule has 1 aromatic carbocycles. The second-order valence-electron chi connectivity index (χ2n) is 6.17. The Kier molecular flexibility index (Phi) is 5.20. The number of hydrogen-bond donors (Lipinski definition) is 4. The van der Waals surface area contributed by atoms with E-state index in [0.29, 0.717) is 5.69 Å². The highest BCUT2D eigenvalue weighted by Gasteiger charge is 2.15. The van der Waals surface area contributed by atoms with Crippen LogP contribution in [0.1, 0.15) is 46.4 Å². The molecular weight excluding hydrogens is 348 g/mol. The van der Waals surface area contributed by atoms with Gasteiger partial charge in [0.15, 0.2) is 5.69 Å². The Balaban J connectivity index is 1.61. The van der Waals surface area contributed by atoms with Crippen LogP contribution in [-0.2, 0) is 0 Å². The second kappa shape index (κ2) is 7.73. The average molecular weight is 368 g/mol. The second-order valence-corrected chi connectivity index (χ2v) is 6.17. The highest BCUT2D eigenvalue weighted by molar-refractivity contribution is 5.97. The molecule has 140 valence electrons. The van der Waals surface area contributed by atoms with E-state index in [1.54, 1.807) is 31.4 Å². The number of hydrogen-bond acceptors (Lipinski definition) is 5. The molecular formula is C18H20N6O3. The molecule has 9 heteroatoms. The molecule has 0 unspecified atom stereocenters. The van der Waals surface area contributed by atoms with Crippen molar-refractivity contribution in [3.8, 4) is 17.0 Å². The monoisotopic (exact) mass is 368 g/mol. The maximum absolute atomic E-state index is 12.2. The molecule has 0 fully saturated rings. The Morgan fingerprint density at radius 1 is 1.00 bits per heavy atom. The molecule has 27 heavy (non-hydrogen) atoms. The number of methoxy groups -OCH3 is 1. The number of nitrogens with one attached hydrogen (secondary N) is 4. The van der Waals surface area contributed by atoms with Gasteiger partial charge in [0.1, 0.15) is 11.4 Å². The molecule has 3 aromatic rings. The Hall–Kier alpha value is -3.62. The lowest BCUT2D eigenvalue weighted by Crippen LogP contribution is -2.41. The molecule has 0 aliphatic carbocycles. The Bertz CT molecular complexity index is 942. The number of ether oxygens (including phenoxy) is 1. The summed E-state index contributed by atoms with van der Waals surface area (Å²) in [5.41, 5.74) is 7.34. The van der Waals surface area contributed by atoms with Gasteiger partial charge in [-0.15, -0.1) is 0 Å². The van der Waals surface area contributed by atoms with Crippen LogP contribution in [0.3, 0.4) is 0 Å². The largest absolute Gasteiger partial charge is 0.497 e. The van der Waals surface area contributed by atoms with Crippen LogP contribution in [0.25, 0.3) is 11.3 Å². The lowest BCUT2D eigenvalue weighted by Gasteiger charge is -2.03. The van der Waals surface area contributed by atoms with E-state index in [1.165, 1.54) is 0 Å². The highest BCUT2D eigenvalue weighted by Crippen LogP contribution is 2.21. The standard InChI is InChI=1S/C18H20N6O3/c1-10(2)13-8-15(21-19-13)17(25)23-24-18(26)16-9-14(20-22-16)11-4-6-12(27-3)7-5-11/h4-10H,1-3H3,(H,19,21)(H,20,22)(H,23,25)(H,24,26). The molecule has 2 amide bonds. The van der Waals surface area contributed by atoms with E-state index in [9.17, 15) is 9.59 Å². The van der Waals surface area contributed by atoms with E-state index >= 15 is 0 Å². The van der Waals surface area contributed by atoms with Gasteiger partial charge in [0.05, 0.1) is 12.8 Å². The summed E-state index contributed by atoms with van der Waals surface area (Å²) < 4.78 is 5.11. The zero-order chi connectivity index (χ0) is 19.4. The van der Waals surface area contributed by atoms with Crippen LogP contribution in [-0.4, -0.2) is 39.3 Å². The number of aromatic amines is 2. The smallest absolute Gasteiger partial charge is 0.290 e. The van der Waals surface area contributed by atoms with Crippen LogP contribution in [0, 0.1) is 0 Å². The summed E-state index contributed by atoms with van der Waals surface area (Å²) in [4.78, 5) is 24.3. The minimum absolute atomic E-state index is 0.197. The molecule has 0 radical (unpaired) electrons. The highest BCUT2D eigenvalue weighted by atomic mass is 16.5. The lowest BCUT2D eigenvalue weighted by atomic mass is 10.1. The van der Waals surface area contributed by atoms with Gasteiger partial charge in [-0.3, -0.25) is 30.6 Å². The maximum atomic E-state index is 12.2. The van der Waals surface area contributed by atoms with Crippen LogP contribution in [0.15, 0.2) is 36.4 Å². The Morgan fingerprint density at radius 3 is 2.33 bits per heavy atom. The van der Waals surface area contributed by atoms with Gasteiger partial charge in [-0.05, 0) is 42.3 Å². The summed E-state index contributed by atoms with van der Waals surface area (Å²) in [7, 11) is 1.59. The van der Waals surface area contributed by atoms with Crippen molar-refractivity contribution < 1.29 is 14.3 Å². The summed E-state index contributed by atoms with van der Waals surface area (Å²) in [5, 5.41) is 13.5. The van der Waals surface area contributed by atoms with Crippen molar-refractivity contribution in [1.82, 2.24) is 31.2 Å². The Labute approximate surface area is 155 Å². The zero-order valence-electron chi connectivity index (χ0n) is 15.2. The lowest BCUT2D eigenvalue weighted by molar-refractivity contribution is 0.0841. The molecule has 4 N–H and O–H groups in total. The maximum Gasteiger partial charge on any atom is 0.290 e. The minimum Gasteiger partial charge on any atom is -0.497 e. The van der Waals surface area contributed by atoms with Crippen molar-refractivity contribution in [3.05, 3.63) is 53.5 Å². The molecule has 9 nitrogen and oxygen atoms in total. The number of aromatic nitrogens is 4. The van der Waals surface area contributed by atoms with Gasteiger partial charge < -0.3 is 4.74 Å². The van der Waals surface area contributed by atoms with Crippen molar-refractivity contribution in [3.63, 3.8) is 0 Å². The Morgan fingerprint density at radius 2 is 1.70 bits per heavy atom. The normalized spacial score (nSPS) is 10.7. The fourth-order valence-electron chi connectivity index (χ4n) is 2.34. The van der Waals surface area contributed by atoms with Crippen molar-refractivity contribution >= 4 is 11.8 Å². The molecule has 0 atom stereocenters. The number of hydrazine groups is 1. The molecule has 0 saturated heterocycles. The van der Waals surface area contributed by atoms with E-state index in [2.05, 4.69) is 31.2 Å². The summed E-state index contributed by atoms with van der Waals surface area (Å²) in [5.74, 6) is -0.0828. The molecule has 2 heterocycles. The predicted octanol–water partition coefficient (Wildman–Crippen LogP) is 2.01. The molecule has 2 aromatic heterocycles. The molecule has 0 aliphatic heterocycles. The first kappa shape index (κ1) is 18.2. The number of H-pyrrole nitrogens is 2. The van der Waals surface area contributed by atoms with Crippen molar-refractivity contribution in [2.75, 3.05) is 7.11 Å². The molecule has 0 aliphatic rings. The fraction of sp³-hybridized carbons (Fsp3) is 0.222. The molecule has 0 bridgehead atoms. The first-order chi connectivity index (χ1) is 13.0. The quantitative estimate of drug-likeness (QED) is 0.513. The number of amides is 2. The zero-order valence-corrected chi connectivity index (χ0v) is 15.2. The van der Waals surface area contributed by atoms with Gasteiger partial charge in [0, 0.05) is 11.3 Å². The first-order valence-corrected chi connectivity index (χ1v) is 8.33. The third-order valence-electron chi connectivity index (χ3n) is 3.95. The number of rotatable bonds is 5. The van der Waals surface area contributed by atoms with Gasteiger partial charge in [0.25, 0.3) is 11.8 Å². The van der Waals surface area contributed by atoms with Crippen molar-refractivity contribution in [1.29, 1.82) is 0 Å². The topological polar surface area (TPSA) is 125 Å². The van der Waals surface area contributed by atoms with Gasteiger partial charge in [-0.1, -0.05) is 13.8 Å². The summed E-state index contributed by atoms with van der Waals surface area (Å²) in [6.45, 7) is 3.96. The summed E-state index contributed by atoms with van der Waals surface area (Å²) >= 11 is 0. The SMILES string of the molecule is COc1ccc(-c2cc(C(=O)NNC(=O)c3cc(C(C)C)[nH]n3)[nH]n2)cc1. The number of benzene rings is 1.